The van der Waals surface area contributed by atoms with Gasteiger partial charge in [-0.05, 0) is 48.6 Å². The molecule has 1 aromatic heterocycles. The Labute approximate surface area is 137 Å². The number of nitrogens with zero attached hydrogens (tertiary/aromatic N) is 2. The Morgan fingerprint density at radius 2 is 2.04 bits per heavy atom. The number of epoxide rings is 1. The predicted octanol–water partition coefficient (Wildman–Crippen LogP) is 3.78. The van der Waals surface area contributed by atoms with Crippen LogP contribution in [0.2, 0.25) is 0 Å². The SMILES string of the molecule is Oc1ccc(-c2ccn(CC3CO3)n2)cc1CCC1CCCC1. The van der Waals surface area contributed by atoms with Gasteiger partial charge in [0.25, 0.3) is 0 Å². The van der Waals surface area contributed by atoms with Crippen LogP contribution in [0.4, 0.5) is 0 Å². The molecular weight excluding hydrogens is 288 g/mol. The van der Waals surface area contributed by atoms with Crippen LogP contribution in [0.5, 0.6) is 5.75 Å². The first-order chi connectivity index (χ1) is 11.3. The molecule has 122 valence electrons. The summed E-state index contributed by atoms with van der Waals surface area (Å²) in [4.78, 5) is 0. The number of hydrogen-bond donors (Lipinski definition) is 1. The molecule has 4 nitrogen and oxygen atoms in total. The first-order valence-electron chi connectivity index (χ1n) is 8.75. The highest BCUT2D eigenvalue weighted by atomic mass is 16.6. The van der Waals surface area contributed by atoms with Gasteiger partial charge >= 0.3 is 0 Å². The topological polar surface area (TPSA) is 50.6 Å². The minimum absolute atomic E-state index is 0.338. The van der Waals surface area contributed by atoms with E-state index in [1.54, 1.807) is 0 Å². The minimum Gasteiger partial charge on any atom is -0.508 e. The second-order valence-corrected chi connectivity index (χ2v) is 6.91. The van der Waals surface area contributed by atoms with E-state index in [1.807, 2.05) is 29.1 Å². The fourth-order valence-electron chi connectivity index (χ4n) is 3.60. The maximum Gasteiger partial charge on any atom is 0.118 e. The van der Waals surface area contributed by atoms with Gasteiger partial charge in [-0.25, -0.2) is 0 Å². The van der Waals surface area contributed by atoms with Crippen molar-refractivity contribution in [3.8, 4) is 17.0 Å². The molecule has 1 unspecified atom stereocenters. The third-order valence-corrected chi connectivity index (χ3v) is 5.11. The summed E-state index contributed by atoms with van der Waals surface area (Å²) in [6.45, 7) is 1.67. The van der Waals surface area contributed by atoms with E-state index < -0.39 is 0 Å². The van der Waals surface area contributed by atoms with E-state index >= 15 is 0 Å². The van der Waals surface area contributed by atoms with Gasteiger partial charge in [0, 0.05) is 11.8 Å². The molecule has 4 heteroatoms. The van der Waals surface area contributed by atoms with Crippen LogP contribution in [0.1, 0.15) is 37.7 Å². The highest BCUT2D eigenvalue weighted by Gasteiger charge is 2.23. The van der Waals surface area contributed by atoms with E-state index in [0.717, 1.165) is 42.3 Å². The van der Waals surface area contributed by atoms with Crippen LogP contribution in [0.3, 0.4) is 0 Å². The van der Waals surface area contributed by atoms with Gasteiger partial charge in [-0.2, -0.15) is 5.10 Å². The Morgan fingerprint density at radius 1 is 1.22 bits per heavy atom. The fraction of sp³-hybridized carbons (Fsp3) is 0.526. The zero-order valence-corrected chi connectivity index (χ0v) is 13.4. The summed E-state index contributed by atoms with van der Waals surface area (Å²) in [6.07, 6.45) is 9.94. The molecule has 0 radical (unpaired) electrons. The predicted molar refractivity (Wildman–Crippen MR) is 89.3 cm³/mol. The van der Waals surface area contributed by atoms with Gasteiger partial charge in [-0.15, -0.1) is 0 Å². The lowest BCUT2D eigenvalue weighted by molar-refractivity contribution is 0.374. The second-order valence-electron chi connectivity index (χ2n) is 6.91. The van der Waals surface area contributed by atoms with E-state index in [4.69, 9.17) is 4.74 Å². The van der Waals surface area contributed by atoms with Crippen LogP contribution in [0.15, 0.2) is 30.5 Å². The molecule has 1 N–H and O–H groups in total. The summed E-state index contributed by atoms with van der Waals surface area (Å²) < 4.78 is 7.19. The van der Waals surface area contributed by atoms with Crippen molar-refractivity contribution >= 4 is 0 Å². The molecule has 0 spiro atoms. The highest BCUT2D eigenvalue weighted by molar-refractivity contribution is 5.61. The third kappa shape index (κ3) is 3.58. The molecule has 2 aliphatic rings. The molecular formula is C19H24N2O2. The number of phenols is 1. The number of ether oxygens (including phenoxy) is 1. The van der Waals surface area contributed by atoms with Crippen LogP contribution in [-0.2, 0) is 17.7 Å². The minimum atomic E-state index is 0.338. The Morgan fingerprint density at radius 3 is 2.83 bits per heavy atom. The monoisotopic (exact) mass is 312 g/mol. The van der Waals surface area contributed by atoms with Crippen LogP contribution >= 0.6 is 0 Å². The number of aromatic nitrogens is 2. The van der Waals surface area contributed by atoms with Gasteiger partial charge < -0.3 is 9.84 Å². The van der Waals surface area contributed by atoms with Crippen molar-refractivity contribution in [2.24, 2.45) is 5.92 Å². The average molecular weight is 312 g/mol. The zero-order chi connectivity index (χ0) is 15.6. The quantitative estimate of drug-likeness (QED) is 0.826. The van der Waals surface area contributed by atoms with Gasteiger partial charge in [0.2, 0.25) is 0 Å². The van der Waals surface area contributed by atoms with Gasteiger partial charge in [0.15, 0.2) is 0 Å². The first kappa shape index (κ1) is 14.8. The smallest absolute Gasteiger partial charge is 0.118 e. The van der Waals surface area contributed by atoms with Crippen molar-refractivity contribution in [1.82, 2.24) is 9.78 Å². The molecule has 1 aliphatic heterocycles. The lowest BCUT2D eigenvalue weighted by Crippen LogP contribution is -2.04. The van der Waals surface area contributed by atoms with E-state index in [2.05, 4.69) is 11.2 Å². The van der Waals surface area contributed by atoms with E-state index in [-0.39, 0.29) is 0 Å². The van der Waals surface area contributed by atoms with E-state index in [1.165, 1.54) is 32.1 Å². The number of aromatic hydroxyl groups is 1. The van der Waals surface area contributed by atoms with Gasteiger partial charge in [0.05, 0.1) is 18.8 Å². The van der Waals surface area contributed by atoms with Crippen molar-refractivity contribution in [3.05, 3.63) is 36.0 Å². The maximum absolute atomic E-state index is 10.1. The molecule has 1 aromatic carbocycles. The molecule has 2 heterocycles. The lowest BCUT2D eigenvalue weighted by atomic mass is 9.96. The van der Waals surface area contributed by atoms with Gasteiger partial charge in [-0.3, -0.25) is 4.68 Å². The number of hydrogen-bond acceptors (Lipinski definition) is 3. The average Bonchev–Trinajstić information content (AvgIpc) is 3.02. The number of aryl methyl sites for hydroxylation is 1. The summed E-state index contributed by atoms with van der Waals surface area (Å²) in [5.41, 5.74) is 3.10. The lowest BCUT2D eigenvalue weighted by Gasteiger charge is -2.11. The van der Waals surface area contributed by atoms with E-state index in [0.29, 0.717) is 11.9 Å². The Hall–Kier alpha value is -1.81. The Bertz CT molecular complexity index is 670. The number of benzene rings is 1. The number of rotatable bonds is 6. The normalized spacial score (nSPS) is 21.0. The summed E-state index contributed by atoms with van der Waals surface area (Å²) in [7, 11) is 0. The molecule has 1 saturated heterocycles. The largest absolute Gasteiger partial charge is 0.508 e. The van der Waals surface area contributed by atoms with Crippen molar-refractivity contribution in [1.29, 1.82) is 0 Å². The second kappa shape index (κ2) is 6.36. The molecule has 2 fully saturated rings. The van der Waals surface area contributed by atoms with E-state index in [9.17, 15) is 5.11 Å². The third-order valence-electron chi connectivity index (χ3n) is 5.11. The maximum atomic E-state index is 10.1. The van der Waals surface area contributed by atoms with Crippen LogP contribution in [0.25, 0.3) is 11.3 Å². The summed E-state index contributed by atoms with van der Waals surface area (Å²) in [5, 5.41) is 14.8. The number of phenolic OH excluding ortho intramolecular Hbond substituents is 1. The summed E-state index contributed by atoms with van der Waals surface area (Å²) in [5.74, 6) is 1.26. The first-order valence-corrected chi connectivity index (χ1v) is 8.75. The van der Waals surface area contributed by atoms with Crippen molar-refractivity contribution in [2.75, 3.05) is 6.61 Å². The van der Waals surface area contributed by atoms with Crippen LogP contribution < -0.4 is 0 Å². The Balaban J connectivity index is 1.47. The van der Waals surface area contributed by atoms with Crippen molar-refractivity contribution < 1.29 is 9.84 Å². The molecule has 4 rings (SSSR count). The molecule has 1 aliphatic carbocycles. The molecule has 2 aromatic rings. The molecule has 23 heavy (non-hydrogen) atoms. The molecule has 0 bridgehead atoms. The summed E-state index contributed by atoms with van der Waals surface area (Å²) in [6, 6.07) is 7.90. The van der Waals surface area contributed by atoms with Crippen LogP contribution in [-0.4, -0.2) is 27.6 Å². The molecule has 0 amide bonds. The molecule has 1 saturated carbocycles. The van der Waals surface area contributed by atoms with Crippen LogP contribution in [0, 0.1) is 5.92 Å². The standard InChI is InChI=1S/C19H24N2O2/c22-19-8-7-15(11-16(19)6-5-14-3-1-2-4-14)18-9-10-21(20-18)12-17-13-23-17/h7-11,14,17,22H,1-6,12-13H2. The Kier molecular flexibility index (Phi) is 4.08. The van der Waals surface area contributed by atoms with Gasteiger partial charge in [-0.1, -0.05) is 25.7 Å². The summed E-state index contributed by atoms with van der Waals surface area (Å²) >= 11 is 0. The van der Waals surface area contributed by atoms with Gasteiger partial charge in [0.1, 0.15) is 11.9 Å². The highest BCUT2D eigenvalue weighted by Crippen LogP contribution is 2.31. The molecule has 1 atom stereocenters. The van der Waals surface area contributed by atoms with Crippen molar-refractivity contribution in [2.45, 2.75) is 51.2 Å². The van der Waals surface area contributed by atoms with Crippen molar-refractivity contribution in [3.63, 3.8) is 0 Å². The fourth-order valence-corrected chi connectivity index (χ4v) is 3.60. The zero-order valence-electron chi connectivity index (χ0n) is 13.4.